The molecular formula is C13H13ClN2. The molecule has 0 spiro atoms. The Kier molecular flexibility index (Phi) is 3.11. The Morgan fingerprint density at radius 2 is 2.12 bits per heavy atom. The fourth-order valence-corrected chi connectivity index (χ4v) is 1.77. The van der Waals surface area contributed by atoms with Crippen LogP contribution in [0.25, 0.3) is 0 Å². The molecule has 2 N–H and O–H groups in total. The predicted molar refractivity (Wildman–Crippen MR) is 67.6 cm³/mol. The van der Waals surface area contributed by atoms with Gasteiger partial charge in [0, 0.05) is 17.6 Å². The van der Waals surface area contributed by atoms with Crippen molar-refractivity contribution in [3.8, 4) is 0 Å². The molecule has 0 bridgehead atoms. The number of hydrogen-bond acceptors (Lipinski definition) is 2. The monoisotopic (exact) mass is 232 g/mol. The Labute approximate surface area is 100 Å². The molecule has 0 unspecified atom stereocenters. The number of rotatable bonds is 2. The minimum absolute atomic E-state index is 0.583. The van der Waals surface area contributed by atoms with Crippen molar-refractivity contribution in [1.82, 2.24) is 4.98 Å². The average molecular weight is 233 g/mol. The number of hydrogen-bond donors (Lipinski definition) is 1. The van der Waals surface area contributed by atoms with Crippen molar-refractivity contribution < 1.29 is 0 Å². The van der Waals surface area contributed by atoms with E-state index in [9.17, 15) is 0 Å². The fraction of sp³-hybridized carbons (Fsp3) is 0.154. The fourth-order valence-electron chi connectivity index (χ4n) is 1.57. The van der Waals surface area contributed by atoms with Gasteiger partial charge in [-0.05, 0) is 35.7 Å². The van der Waals surface area contributed by atoms with Gasteiger partial charge in [-0.3, -0.25) is 0 Å². The van der Waals surface area contributed by atoms with Gasteiger partial charge in [0.25, 0.3) is 0 Å². The molecular weight excluding hydrogens is 220 g/mol. The molecule has 0 atom stereocenters. The van der Waals surface area contributed by atoms with Crippen LogP contribution in [0.5, 0.6) is 0 Å². The molecule has 16 heavy (non-hydrogen) atoms. The van der Waals surface area contributed by atoms with Crippen molar-refractivity contribution in [1.29, 1.82) is 0 Å². The van der Waals surface area contributed by atoms with E-state index < -0.39 is 0 Å². The molecule has 0 aliphatic heterocycles. The molecule has 0 amide bonds. The molecule has 2 nitrogen and oxygen atoms in total. The summed E-state index contributed by atoms with van der Waals surface area (Å²) >= 11 is 6.07. The van der Waals surface area contributed by atoms with Gasteiger partial charge in [0.1, 0.15) is 5.82 Å². The highest BCUT2D eigenvalue weighted by molar-refractivity contribution is 6.31. The summed E-state index contributed by atoms with van der Waals surface area (Å²) in [4.78, 5) is 4.06. The lowest BCUT2D eigenvalue weighted by atomic mass is 10.0. The smallest absolute Gasteiger partial charge is 0.126 e. The van der Waals surface area contributed by atoms with E-state index >= 15 is 0 Å². The number of aryl methyl sites for hydroxylation is 1. The Morgan fingerprint density at radius 1 is 1.31 bits per heavy atom. The van der Waals surface area contributed by atoms with Crippen LogP contribution >= 0.6 is 11.6 Å². The summed E-state index contributed by atoms with van der Waals surface area (Å²) in [5.74, 6) is 0.583. The molecule has 1 aromatic heterocycles. The van der Waals surface area contributed by atoms with Crippen molar-refractivity contribution >= 4 is 17.4 Å². The van der Waals surface area contributed by atoms with Gasteiger partial charge in [-0.15, -0.1) is 0 Å². The first-order chi connectivity index (χ1) is 7.66. The summed E-state index contributed by atoms with van der Waals surface area (Å²) in [6, 6.07) is 9.93. The van der Waals surface area contributed by atoms with Gasteiger partial charge in [0.05, 0.1) is 0 Å². The van der Waals surface area contributed by atoms with Crippen LogP contribution in [0.15, 0.2) is 36.5 Å². The normalized spacial score (nSPS) is 10.4. The van der Waals surface area contributed by atoms with E-state index in [1.807, 2.05) is 31.2 Å². The van der Waals surface area contributed by atoms with Crippen LogP contribution < -0.4 is 5.73 Å². The van der Waals surface area contributed by atoms with Crippen LogP contribution in [0, 0.1) is 6.92 Å². The number of nitrogens with zero attached hydrogens (tertiary/aromatic N) is 1. The van der Waals surface area contributed by atoms with Crippen LogP contribution in [0.1, 0.15) is 16.7 Å². The molecule has 2 rings (SSSR count). The van der Waals surface area contributed by atoms with Crippen LogP contribution in [-0.2, 0) is 6.42 Å². The first kappa shape index (κ1) is 11.0. The SMILES string of the molecule is Cc1ccc(Cc2cccnc2N)cc1Cl. The minimum atomic E-state index is 0.583. The van der Waals surface area contributed by atoms with Gasteiger partial charge in [0.15, 0.2) is 0 Å². The van der Waals surface area contributed by atoms with Crippen LogP contribution in [0.3, 0.4) is 0 Å². The van der Waals surface area contributed by atoms with Crippen molar-refractivity contribution in [2.75, 3.05) is 5.73 Å². The zero-order valence-corrected chi connectivity index (χ0v) is 9.83. The summed E-state index contributed by atoms with van der Waals surface area (Å²) in [7, 11) is 0. The zero-order chi connectivity index (χ0) is 11.5. The number of nitrogen functional groups attached to an aromatic ring is 1. The van der Waals surface area contributed by atoms with Crippen LogP contribution in [-0.4, -0.2) is 4.98 Å². The van der Waals surface area contributed by atoms with E-state index in [0.717, 1.165) is 28.1 Å². The average Bonchev–Trinajstić information content (AvgIpc) is 2.27. The second kappa shape index (κ2) is 4.54. The van der Waals surface area contributed by atoms with Gasteiger partial charge in [-0.25, -0.2) is 4.98 Å². The molecule has 1 aromatic carbocycles. The molecule has 1 heterocycles. The maximum absolute atomic E-state index is 6.07. The minimum Gasteiger partial charge on any atom is -0.383 e. The van der Waals surface area contributed by atoms with E-state index in [4.69, 9.17) is 17.3 Å². The van der Waals surface area contributed by atoms with Crippen LogP contribution in [0.4, 0.5) is 5.82 Å². The molecule has 0 aliphatic rings. The second-order valence-corrected chi connectivity index (χ2v) is 4.22. The Morgan fingerprint density at radius 3 is 2.81 bits per heavy atom. The molecule has 0 saturated carbocycles. The first-order valence-electron chi connectivity index (χ1n) is 5.11. The topological polar surface area (TPSA) is 38.9 Å². The largest absolute Gasteiger partial charge is 0.383 e. The lowest BCUT2D eigenvalue weighted by Crippen LogP contribution is -1.98. The molecule has 0 aliphatic carbocycles. The van der Waals surface area contributed by atoms with E-state index in [1.54, 1.807) is 6.20 Å². The summed E-state index contributed by atoms with van der Waals surface area (Å²) < 4.78 is 0. The molecule has 3 heteroatoms. The van der Waals surface area contributed by atoms with Crippen LogP contribution in [0.2, 0.25) is 5.02 Å². The summed E-state index contributed by atoms with van der Waals surface area (Å²) in [6.45, 7) is 1.99. The third-order valence-corrected chi connectivity index (χ3v) is 2.96. The summed E-state index contributed by atoms with van der Waals surface area (Å²) in [5, 5.41) is 0.792. The van der Waals surface area contributed by atoms with E-state index in [-0.39, 0.29) is 0 Å². The zero-order valence-electron chi connectivity index (χ0n) is 9.07. The highest BCUT2D eigenvalue weighted by Crippen LogP contribution is 2.20. The van der Waals surface area contributed by atoms with Crippen molar-refractivity contribution in [3.63, 3.8) is 0 Å². The Hall–Kier alpha value is -1.54. The Balaban J connectivity index is 2.28. The predicted octanol–water partition coefficient (Wildman–Crippen LogP) is 3.22. The number of aromatic nitrogens is 1. The quantitative estimate of drug-likeness (QED) is 0.864. The third-order valence-electron chi connectivity index (χ3n) is 2.56. The maximum Gasteiger partial charge on any atom is 0.126 e. The molecule has 2 aromatic rings. The Bertz CT molecular complexity index is 509. The molecule has 0 radical (unpaired) electrons. The van der Waals surface area contributed by atoms with Gasteiger partial charge >= 0.3 is 0 Å². The molecule has 82 valence electrons. The van der Waals surface area contributed by atoms with Crippen molar-refractivity contribution in [2.45, 2.75) is 13.3 Å². The highest BCUT2D eigenvalue weighted by atomic mass is 35.5. The number of benzene rings is 1. The van der Waals surface area contributed by atoms with E-state index in [2.05, 4.69) is 11.1 Å². The third kappa shape index (κ3) is 2.34. The van der Waals surface area contributed by atoms with Crippen molar-refractivity contribution in [2.24, 2.45) is 0 Å². The maximum atomic E-state index is 6.07. The van der Waals surface area contributed by atoms with E-state index in [0.29, 0.717) is 5.82 Å². The standard InChI is InChI=1S/C13H13ClN2/c1-9-4-5-10(8-12(9)14)7-11-3-2-6-16-13(11)15/h2-6,8H,7H2,1H3,(H2,15,16). The number of halogens is 1. The second-order valence-electron chi connectivity index (χ2n) is 3.81. The number of pyridine rings is 1. The highest BCUT2D eigenvalue weighted by Gasteiger charge is 2.02. The lowest BCUT2D eigenvalue weighted by Gasteiger charge is -2.06. The van der Waals surface area contributed by atoms with Crippen molar-refractivity contribution in [3.05, 3.63) is 58.2 Å². The van der Waals surface area contributed by atoms with E-state index in [1.165, 1.54) is 0 Å². The summed E-state index contributed by atoms with van der Waals surface area (Å²) in [6.07, 6.45) is 2.46. The number of anilines is 1. The van der Waals surface area contributed by atoms with Gasteiger partial charge in [-0.1, -0.05) is 29.8 Å². The lowest BCUT2D eigenvalue weighted by molar-refractivity contribution is 1.15. The molecule has 0 saturated heterocycles. The summed E-state index contributed by atoms with van der Waals surface area (Å²) in [5.41, 5.74) is 9.06. The van der Waals surface area contributed by atoms with Gasteiger partial charge in [-0.2, -0.15) is 0 Å². The van der Waals surface area contributed by atoms with Gasteiger partial charge in [0.2, 0.25) is 0 Å². The number of nitrogens with two attached hydrogens (primary N) is 1. The first-order valence-corrected chi connectivity index (χ1v) is 5.49. The molecule has 0 fully saturated rings. The van der Waals surface area contributed by atoms with Gasteiger partial charge < -0.3 is 5.73 Å².